The maximum Gasteiger partial charge on any atom is 0.195 e. The summed E-state index contributed by atoms with van der Waals surface area (Å²) >= 11 is 0. The second-order valence-electron chi connectivity index (χ2n) is 3.36. The van der Waals surface area contributed by atoms with Crippen LogP contribution in [0.2, 0.25) is 0 Å². The second-order valence-corrected chi connectivity index (χ2v) is 3.36. The lowest BCUT2D eigenvalue weighted by molar-refractivity contribution is 0.446. The molecule has 0 heterocycles. The molecule has 1 nitrogen and oxygen atoms in total. The van der Waals surface area contributed by atoms with Gasteiger partial charge in [0.1, 0.15) is 0 Å². The third kappa shape index (κ3) is 2.53. The maximum absolute atomic E-state index is 13.3. The van der Waals surface area contributed by atoms with Gasteiger partial charge in [0.15, 0.2) is 17.5 Å². The van der Waals surface area contributed by atoms with Crippen molar-refractivity contribution < 1.29 is 13.2 Å². The van der Waals surface area contributed by atoms with Gasteiger partial charge in [0.25, 0.3) is 0 Å². The van der Waals surface area contributed by atoms with E-state index in [-0.39, 0.29) is 5.56 Å². The van der Waals surface area contributed by atoms with Crippen molar-refractivity contribution in [3.63, 3.8) is 0 Å². The first kappa shape index (κ1) is 11.4. The van der Waals surface area contributed by atoms with E-state index < -0.39 is 17.5 Å². The monoisotopic (exact) mass is 235 g/mol. The molecule has 4 heteroatoms. The van der Waals surface area contributed by atoms with E-state index in [0.717, 1.165) is 18.3 Å². The van der Waals surface area contributed by atoms with Crippen LogP contribution in [0, 0.1) is 17.5 Å². The third-order valence-electron chi connectivity index (χ3n) is 2.17. The van der Waals surface area contributed by atoms with Gasteiger partial charge in [-0.05, 0) is 24.3 Å². The fourth-order valence-electron chi connectivity index (χ4n) is 1.30. The molecule has 0 N–H and O–H groups in total. The van der Waals surface area contributed by atoms with Gasteiger partial charge in [0.2, 0.25) is 0 Å². The first-order chi connectivity index (χ1) is 8.18. The number of rotatable bonds is 2. The van der Waals surface area contributed by atoms with Crippen LogP contribution in [-0.2, 0) is 0 Å². The van der Waals surface area contributed by atoms with Crippen LogP contribution in [0.25, 0.3) is 0 Å². The lowest BCUT2D eigenvalue weighted by atomic mass is 10.2. The van der Waals surface area contributed by atoms with E-state index in [1.54, 1.807) is 24.3 Å². The number of para-hydroxylation sites is 1. The summed E-state index contributed by atoms with van der Waals surface area (Å²) < 4.78 is 38.8. The molecule has 2 aromatic carbocycles. The maximum atomic E-state index is 13.3. The predicted molar refractivity (Wildman–Crippen MR) is 60.0 cm³/mol. The minimum Gasteiger partial charge on any atom is -0.256 e. The largest absolute Gasteiger partial charge is 0.256 e. The highest BCUT2D eigenvalue weighted by Gasteiger charge is 2.11. The average Bonchev–Trinajstić information content (AvgIpc) is 2.36. The highest BCUT2D eigenvalue weighted by molar-refractivity contribution is 5.82. The minimum atomic E-state index is -1.48. The van der Waals surface area contributed by atoms with Crippen LogP contribution in [0.4, 0.5) is 18.9 Å². The number of aliphatic imine (C=N–C) groups is 1. The summed E-state index contributed by atoms with van der Waals surface area (Å²) in [5, 5.41) is 0. The highest BCUT2D eigenvalue weighted by atomic mass is 19.2. The Labute approximate surface area is 96.2 Å². The van der Waals surface area contributed by atoms with Gasteiger partial charge < -0.3 is 0 Å². The molecule has 0 aliphatic carbocycles. The van der Waals surface area contributed by atoms with Crippen molar-refractivity contribution in [1.29, 1.82) is 0 Å². The lowest BCUT2D eigenvalue weighted by Crippen LogP contribution is -1.96. The fourth-order valence-corrected chi connectivity index (χ4v) is 1.30. The number of hydrogen-bond donors (Lipinski definition) is 0. The molecule has 2 rings (SSSR count). The van der Waals surface area contributed by atoms with Crippen LogP contribution in [-0.4, -0.2) is 6.21 Å². The van der Waals surface area contributed by atoms with Gasteiger partial charge in [0, 0.05) is 11.8 Å². The molecule has 86 valence electrons. The van der Waals surface area contributed by atoms with E-state index in [2.05, 4.69) is 4.99 Å². The number of halogens is 3. The Morgan fingerprint density at radius 1 is 0.824 bits per heavy atom. The van der Waals surface area contributed by atoms with Crippen molar-refractivity contribution in [2.75, 3.05) is 0 Å². The van der Waals surface area contributed by atoms with Crippen molar-refractivity contribution in [3.05, 3.63) is 65.5 Å². The number of nitrogens with zero attached hydrogens (tertiary/aromatic N) is 1. The molecular formula is C13H8F3N. The van der Waals surface area contributed by atoms with Crippen LogP contribution in [0.15, 0.2) is 47.5 Å². The molecule has 0 spiro atoms. The van der Waals surface area contributed by atoms with Gasteiger partial charge in [0.05, 0.1) is 5.69 Å². The predicted octanol–water partition coefficient (Wildman–Crippen LogP) is 3.85. The van der Waals surface area contributed by atoms with Crippen molar-refractivity contribution in [1.82, 2.24) is 0 Å². The van der Waals surface area contributed by atoms with Crippen molar-refractivity contribution in [2.45, 2.75) is 0 Å². The quantitative estimate of drug-likeness (QED) is 0.553. The Balaban J connectivity index is 2.31. The molecule has 0 radical (unpaired) electrons. The normalized spacial score (nSPS) is 11.0. The van der Waals surface area contributed by atoms with E-state index in [0.29, 0.717) is 5.69 Å². The molecule has 17 heavy (non-hydrogen) atoms. The van der Waals surface area contributed by atoms with E-state index >= 15 is 0 Å². The molecule has 0 aliphatic heterocycles. The summed E-state index contributed by atoms with van der Waals surface area (Å²) in [5.41, 5.74) is 0.518. The highest BCUT2D eigenvalue weighted by Crippen LogP contribution is 2.15. The summed E-state index contributed by atoms with van der Waals surface area (Å²) in [6.45, 7) is 0. The molecule has 0 amide bonds. The third-order valence-corrected chi connectivity index (χ3v) is 2.17. The van der Waals surface area contributed by atoms with Crippen molar-refractivity contribution in [2.24, 2.45) is 4.99 Å². The zero-order chi connectivity index (χ0) is 12.3. The molecule has 0 bridgehead atoms. The Hall–Kier alpha value is -2.10. The van der Waals surface area contributed by atoms with Gasteiger partial charge in [-0.15, -0.1) is 0 Å². The first-order valence-corrected chi connectivity index (χ1v) is 4.91. The number of benzene rings is 2. The van der Waals surface area contributed by atoms with Crippen LogP contribution in [0.3, 0.4) is 0 Å². The summed E-state index contributed by atoms with van der Waals surface area (Å²) in [6.07, 6.45) is 1.16. The molecule has 0 unspecified atom stereocenters. The standard InChI is InChI=1S/C13H8F3N/c14-11-7-6-9(12(15)13(11)16)8-17-10-4-2-1-3-5-10/h1-8H/b17-8+. The molecule has 0 atom stereocenters. The number of hydrogen-bond acceptors (Lipinski definition) is 1. The van der Waals surface area contributed by atoms with Crippen LogP contribution in [0.1, 0.15) is 5.56 Å². The van der Waals surface area contributed by atoms with Crippen molar-refractivity contribution in [3.8, 4) is 0 Å². The molecule has 2 aromatic rings. The van der Waals surface area contributed by atoms with E-state index in [9.17, 15) is 13.2 Å². The zero-order valence-corrected chi connectivity index (χ0v) is 8.70. The minimum absolute atomic E-state index is 0.0900. The molecule has 0 aliphatic rings. The fraction of sp³-hybridized carbons (Fsp3) is 0. The second kappa shape index (κ2) is 4.82. The summed E-state index contributed by atoms with van der Waals surface area (Å²) in [7, 11) is 0. The van der Waals surface area contributed by atoms with Gasteiger partial charge in [-0.25, -0.2) is 13.2 Å². The Kier molecular flexibility index (Phi) is 3.23. The van der Waals surface area contributed by atoms with E-state index in [4.69, 9.17) is 0 Å². The van der Waals surface area contributed by atoms with Crippen molar-refractivity contribution >= 4 is 11.9 Å². The van der Waals surface area contributed by atoms with Crippen LogP contribution >= 0.6 is 0 Å². The van der Waals surface area contributed by atoms with E-state index in [1.165, 1.54) is 0 Å². The molecule has 0 fully saturated rings. The van der Waals surface area contributed by atoms with Crippen LogP contribution in [0.5, 0.6) is 0 Å². The van der Waals surface area contributed by atoms with E-state index in [1.807, 2.05) is 6.07 Å². The zero-order valence-electron chi connectivity index (χ0n) is 8.70. The Bertz CT molecular complexity index is 550. The van der Waals surface area contributed by atoms with Gasteiger partial charge in [-0.2, -0.15) is 0 Å². The lowest BCUT2D eigenvalue weighted by Gasteiger charge is -1.99. The Morgan fingerprint density at radius 2 is 1.53 bits per heavy atom. The van der Waals surface area contributed by atoms with Gasteiger partial charge in [-0.3, -0.25) is 4.99 Å². The summed E-state index contributed by atoms with van der Waals surface area (Å²) in [4.78, 5) is 3.95. The molecular weight excluding hydrogens is 227 g/mol. The Morgan fingerprint density at radius 3 is 2.24 bits per heavy atom. The first-order valence-electron chi connectivity index (χ1n) is 4.91. The topological polar surface area (TPSA) is 12.4 Å². The molecule has 0 saturated heterocycles. The molecule has 0 saturated carbocycles. The SMILES string of the molecule is Fc1ccc(/C=N/c2ccccc2)c(F)c1F. The average molecular weight is 235 g/mol. The smallest absolute Gasteiger partial charge is 0.195 e. The van der Waals surface area contributed by atoms with Gasteiger partial charge in [-0.1, -0.05) is 18.2 Å². The molecule has 0 aromatic heterocycles. The van der Waals surface area contributed by atoms with Gasteiger partial charge >= 0.3 is 0 Å². The summed E-state index contributed by atoms with van der Waals surface area (Å²) in [6, 6.07) is 10.8. The summed E-state index contributed by atoms with van der Waals surface area (Å²) in [5.74, 6) is -3.92. The van der Waals surface area contributed by atoms with Crippen LogP contribution < -0.4 is 0 Å².